The van der Waals surface area contributed by atoms with Gasteiger partial charge in [-0.3, -0.25) is 0 Å². The van der Waals surface area contributed by atoms with Crippen LogP contribution >= 0.6 is 12.4 Å². The van der Waals surface area contributed by atoms with Crippen LogP contribution in [-0.4, -0.2) is 57.5 Å². The first-order valence-corrected chi connectivity index (χ1v) is 7.59. The van der Waals surface area contributed by atoms with Gasteiger partial charge in [0, 0.05) is 25.4 Å². The average molecular weight is 271 g/mol. The van der Waals surface area contributed by atoms with E-state index in [4.69, 9.17) is 0 Å². The molecule has 0 aromatic rings. The first-order valence-electron chi connectivity index (χ1n) is 5.77. The Morgan fingerprint density at radius 1 is 1.19 bits per heavy atom. The smallest absolute Gasteiger partial charge is 0.151 e. The number of hydrogen-bond donors (Lipinski definition) is 1. The van der Waals surface area contributed by atoms with Gasteiger partial charge in [-0.25, -0.2) is 8.42 Å². The van der Waals surface area contributed by atoms with Crippen molar-refractivity contribution in [2.75, 3.05) is 44.2 Å². The molecule has 16 heavy (non-hydrogen) atoms. The third-order valence-corrected chi connectivity index (χ3v) is 4.50. The molecule has 0 radical (unpaired) electrons. The molecular weight excluding hydrogens is 248 g/mol. The summed E-state index contributed by atoms with van der Waals surface area (Å²) in [5, 5.41) is 3.31. The molecule has 1 rings (SSSR count). The molecule has 1 heterocycles. The molecular formula is C10H23ClN2O2S. The van der Waals surface area contributed by atoms with Crippen molar-refractivity contribution in [3.8, 4) is 0 Å². The zero-order valence-electron chi connectivity index (χ0n) is 9.94. The number of halogens is 1. The van der Waals surface area contributed by atoms with Gasteiger partial charge in [-0.1, -0.05) is 6.92 Å². The van der Waals surface area contributed by atoms with Gasteiger partial charge in [0.15, 0.2) is 9.84 Å². The normalized spacial score (nSPS) is 18.8. The highest BCUT2D eigenvalue weighted by Crippen LogP contribution is 1.99. The Bertz CT molecular complexity index is 262. The summed E-state index contributed by atoms with van der Waals surface area (Å²) in [6.45, 7) is 6.64. The number of nitrogens with one attached hydrogen (secondary N) is 1. The van der Waals surface area contributed by atoms with Crippen LogP contribution < -0.4 is 5.32 Å². The van der Waals surface area contributed by atoms with Gasteiger partial charge in [-0.05, 0) is 25.9 Å². The Morgan fingerprint density at radius 3 is 2.62 bits per heavy atom. The van der Waals surface area contributed by atoms with Crippen LogP contribution in [0.25, 0.3) is 0 Å². The summed E-state index contributed by atoms with van der Waals surface area (Å²) in [6.07, 6.45) is 1.84. The highest BCUT2D eigenvalue weighted by molar-refractivity contribution is 7.91. The lowest BCUT2D eigenvalue weighted by Crippen LogP contribution is -2.33. The van der Waals surface area contributed by atoms with Crippen molar-refractivity contribution in [3.05, 3.63) is 0 Å². The third kappa shape index (κ3) is 6.68. The van der Waals surface area contributed by atoms with Gasteiger partial charge in [0.05, 0.1) is 5.75 Å². The van der Waals surface area contributed by atoms with E-state index >= 15 is 0 Å². The fourth-order valence-electron chi connectivity index (χ4n) is 1.81. The predicted octanol–water partition coefficient (Wildman–Crippen LogP) is 0.528. The fraction of sp³-hybridized carbons (Fsp3) is 1.00. The van der Waals surface area contributed by atoms with E-state index in [0.29, 0.717) is 18.1 Å². The minimum Gasteiger partial charge on any atom is -0.315 e. The lowest BCUT2D eigenvalue weighted by molar-refractivity contribution is 0.309. The quantitative estimate of drug-likeness (QED) is 0.792. The Hall–Kier alpha value is 0.160. The van der Waals surface area contributed by atoms with Crippen molar-refractivity contribution in [3.63, 3.8) is 0 Å². The van der Waals surface area contributed by atoms with Crippen LogP contribution in [0.1, 0.15) is 19.8 Å². The largest absolute Gasteiger partial charge is 0.315 e. The van der Waals surface area contributed by atoms with Crippen LogP contribution in [0.5, 0.6) is 0 Å². The molecule has 0 bridgehead atoms. The van der Waals surface area contributed by atoms with E-state index < -0.39 is 9.84 Å². The van der Waals surface area contributed by atoms with Gasteiger partial charge in [0.1, 0.15) is 0 Å². The maximum Gasteiger partial charge on any atom is 0.151 e. The minimum atomic E-state index is -2.81. The van der Waals surface area contributed by atoms with E-state index in [1.54, 1.807) is 0 Å². The second-order valence-electron chi connectivity index (χ2n) is 4.10. The summed E-state index contributed by atoms with van der Waals surface area (Å²) in [5.41, 5.74) is 0. The van der Waals surface area contributed by atoms with E-state index in [9.17, 15) is 8.42 Å². The van der Waals surface area contributed by atoms with E-state index in [1.165, 1.54) is 0 Å². The maximum absolute atomic E-state index is 11.5. The number of sulfone groups is 1. The lowest BCUT2D eigenvalue weighted by Gasteiger charge is -2.18. The Labute approximate surface area is 105 Å². The molecule has 0 aromatic heterocycles. The predicted molar refractivity (Wildman–Crippen MR) is 70.1 cm³/mol. The monoisotopic (exact) mass is 270 g/mol. The topological polar surface area (TPSA) is 49.4 Å². The van der Waals surface area contributed by atoms with Crippen LogP contribution in [0.4, 0.5) is 0 Å². The van der Waals surface area contributed by atoms with Crippen molar-refractivity contribution in [1.82, 2.24) is 10.2 Å². The molecule has 0 unspecified atom stereocenters. The van der Waals surface area contributed by atoms with E-state index in [0.717, 1.165) is 39.0 Å². The Morgan fingerprint density at radius 2 is 1.94 bits per heavy atom. The highest BCUT2D eigenvalue weighted by atomic mass is 35.5. The summed E-state index contributed by atoms with van der Waals surface area (Å²) in [6, 6.07) is 0. The van der Waals surface area contributed by atoms with Crippen LogP contribution in [0.3, 0.4) is 0 Å². The first kappa shape index (κ1) is 16.2. The second-order valence-corrected chi connectivity index (χ2v) is 6.40. The number of nitrogens with zero attached hydrogens (tertiary/aromatic N) is 1. The van der Waals surface area contributed by atoms with Crippen LogP contribution in [-0.2, 0) is 9.84 Å². The molecule has 0 aliphatic carbocycles. The molecule has 4 nitrogen and oxygen atoms in total. The van der Waals surface area contributed by atoms with Gasteiger partial charge in [-0.2, -0.15) is 0 Å². The molecule has 0 saturated carbocycles. The first-order chi connectivity index (χ1) is 7.14. The summed E-state index contributed by atoms with van der Waals surface area (Å²) < 4.78 is 23.0. The summed E-state index contributed by atoms with van der Waals surface area (Å²) in [7, 11) is -2.81. The van der Waals surface area contributed by atoms with Gasteiger partial charge in [0.25, 0.3) is 0 Å². The molecule has 0 aromatic carbocycles. The van der Waals surface area contributed by atoms with Crippen molar-refractivity contribution in [2.45, 2.75) is 19.8 Å². The van der Waals surface area contributed by atoms with Crippen LogP contribution in [0, 0.1) is 0 Å². The van der Waals surface area contributed by atoms with Crippen molar-refractivity contribution < 1.29 is 8.42 Å². The summed E-state index contributed by atoms with van der Waals surface area (Å²) >= 11 is 0. The molecule has 1 N–H and O–H groups in total. The van der Waals surface area contributed by atoms with Crippen molar-refractivity contribution >= 4 is 22.2 Å². The Kier molecular flexibility index (Phi) is 8.36. The van der Waals surface area contributed by atoms with E-state index in [2.05, 4.69) is 10.2 Å². The fourth-order valence-corrected chi connectivity index (χ4v) is 3.17. The molecule has 0 amide bonds. The number of rotatable bonds is 5. The van der Waals surface area contributed by atoms with Crippen molar-refractivity contribution in [1.29, 1.82) is 0 Å². The number of hydrogen-bond acceptors (Lipinski definition) is 4. The van der Waals surface area contributed by atoms with Crippen molar-refractivity contribution in [2.24, 2.45) is 0 Å². The maximum atomic E-state index is 11.5. The zero-order chi connectivity index (χ0) is 11.1. The molecule has 1 aliphatic heterocycles. The third-order valence-electron chi connectivity index (χ3n) is 2.67. The Balaban J connectivity index is 0.00000225. The van der Waals surface area contributed by atoms with E-state index in [1.807, 2.05) is 6.92 Å². The molecule has 1 saturated heterocycles. The van der Waals surface area contributed by atoms with Gasteiger partial charge in [0.2, 0.25) is 0 Å². The SMILES string of the molecule is CCCS(=O)(=O)CCN1CCCNCC1.Cl. The lowest BCUT2D eigenvalue weighted by atomic mass is 10.4. The van der Waals surface area contributed by atoms with E-state index in [-0.39, 0.29) is 12.4 Å². The van der Waals surface area contributed by atoms with Crippen LogP contribution in [0.2, 0.25) is 0 Å². The zero-order valence-corrected chi connectivity index (χ0v) is 11.6. The molecule has 6 heteroatoms. The van der Waals surface area contributed by atoms with Gasteiger partial charge < -0.3 is 10.2 Å². The minimum absolute atomic E-state index is 0. The standard InChI is InChI=1S/C10H22N2O2S.ClH/c1-2-9-15(13,14)10-8-12-6-3-4-11-5-7-12;/h11H,2-10H2,1H3;1H. The second kappa shape index (κ2) is 8.28. The molecule has 1 aliphatic rings. The highest BCUT2D eigenvalue weighted by Gasteiger charge is 2.13. The molecule has 98 valence electrons. The van der Waals surface area contributed by atoms with Gasteiger partial charge >= 0.3 is 0 Å². The average Bonchev–Trinajstić information content (AvgIpc) is 2.43. The molecule has 0 atom stereocenters. The molecule has 0 spiro atoms. The molecule has 1 fully saturated rings. The van der Waals surface area contributed by atoms with Crippen LogP contribution in [0.15, 0.2) is 0 Å². The summed E-state index contributed by atoms with van der Waals surface area (Å²) in [5.74, 6) is 0.653. The summed E-state index contributed by atoms with van der Waals surface area (Å²) in [4.78, 5) is 2.24. The van der Waals surface area contributed by atoms with Gasteiger partial charge in [-0.15, -0.1) is 12.4 Å².